The normalized spacial score (nSPS) is 20.9. The molecule has 0 unspecified atom stereocenters. The number of ether oxygens (including phenoxy) is 1. The number of hydrogen-bond donors (Lipinski definition) is 1. The predicted octanol–water partition coefficient (Wildman–Crippen LogP) is 1.67. The second-order valence-electron chi connectivity index (χ2n) is 7.08. The van der Waals surface area contributed by atoms with E-state index in [-0.39, 0.29) is 5.91 Å². The number of piperidine rings is 1. The van der Waals surface area contributed by atoms with Crippen molar-refractivity contribution in [1.29, 1.82) is 0 Å². The number of methoxy groups -OCH3 is 1. The Morgan fingerprint density at radius 3 is 3.00 bits per heavy atom. The van der Waals surface area contributed by atoms with Crippen molar-refractivity contribution in [3.05, 3.63) is 42.1 Å². The average Bonchev–Trinajstić information content (AvgIpc) is 2.63. The van der Waals surface area contributed by atoms with E-state index in [1.165, 1.54) is 0 Å². The zero-order valence-electron chi connectivity index (χ0n) is 15.5. The molecule has 0 saturated carbocycles. The van der Waals surface area contributed by atoms with Gasteiger partial charge in [-0.1, -0.05) is 18.2 Å². The highest BCUT2D eigenvalue weighted by Crippen LogP contribution is 2.25. The molecule has 0 aliphatic carbocycles. The summed E-state index contributed by atoms with van der Waals surface area (Å²) in [7, 11) is 3.56. The standard InChI is InChI=1S/C20H27N3O3/c1-22(14-16-6-3-8-18-17(16)7-4-10-21-18)15-20(25)9-5-11-23(19(20)24)12-13-26-2/h3-4,6-8,10,25H,5,9,11-15H2,1-2H3/t20-/m1/s1. The summed E-state index contributed by atoms with van der Waals surface area (Å²) in [4.78, 5) is 20.8. The van der Waals surface area contributed by atoms with E-state index in [0.717, 1.165) is 22.9 Å². The number of pyridine rings is 1. The summed E-state index contributed by atoms with van der Waals surface area (Å²) in [6, 6.07) is 10.0. The number of likely N-dealkylation sites (tertiary alicyclic amines) is 1. The smallest absolute Gasteiger partial charge is 0.255 e. The minimum Gasteiger partial charge on any atom is -0.383 e. The zero-order valence-corrected chi connectivity index (χ0v) is 15.5. The predicted molar refractivity (Wildman–Crippen MR) is 101 cm³/mol. The molecule has 26 heavy (non-hydrogen) atoms. The van der Waals surface area contributed by atoms with Gasteiger partial charge in [0.05, 0.1) is 12.1 Å². The fraction of sp³-hybridized carbons (Fsp3) is 0.500. The van der Waals surface area contributed by atoms with Crippen LogP contribution in [0.15, 0.2) is 36.5 Å². The molecule has 1 N–H and O–H groups in total. The number of benzene rings is 1. The van der Waals surface area contributed by atoms with Crippen molar-refractivity contribution >= 4 is 16.8 Å². The quantitative estimate of drug-likeness (QED) is 0.816. The summed E-state index contributed by atoms with van der Waals surface area (Å²) in [6.07, 6.45) is 3.09. The van der Waals surface area contributed by atoms with E-state index >= 15 is 0 Å². The van der Waals surface area contributed by atoms with Crippen molar-refractivity contribution in [3.63, 3.8) is 0 Å². The molecule has 6 heteroatoms. The maximum Gasteiger partial charge on any atom is 0.255 e. The molecule has 6 nitrogen and oxygen atoms in total. The van der Waals surface area contributed by atoms with Crippen LogP contribution in [0.25, 0.3) is 10.9 Å². The van der Waals surface area contributed by atoms with Gasteiger partial charge in [0.1, 0.15) is 0 Å². The lowest BCUT2D eigenvalue weighted by Gasteiger charge is -2.40. The van der Waals surface area contributed by atoms with Gasteiger partial charge < -0.3 is 14.7 Å². The highest BCUT2D eigenvalue weighted by atomic mass is 16.5. The van der Waals surface area contributed by atoms with E-state index in [1.54, 1.807) is 18.2 Å². The topological polar surface area (TPSA) is 65.9 Å². The highest BCUT2D eigenvalue weighted by Gasteiger charge is 2.42. The maximum absolute atomic E-state index is 12.7. The fourth-order valence-corrected chi connectivity index (χ4v) is 3.72. The molecule has 1 fully saturated rings. The lowest BCUT2D eigenvalue weighted by Crippen LogP contribution is -2.58. The first kappa shape index (κ1) is 18.8. The van der Waals surface area contributed by atoms with Gasteiger partial charge in [-0.05, 0) is 37.6 Å². The summed E-state index contributed by atoms with van der Waals surface area (Å²) in [5.41, 5.74) is 0.765. The minimum absolute atomic E-state index is 0.188. The Kier molecular flexibility index (Phi) is 5.86. The molecule has 0 bridgehead atoms. The first-order valence-corrected chi connectivity index (χ1v) is 9.05. The Balaban J connectivity index is 1.70. The average molecular weight is 357 g/mol. The number of aliphatic hydroxyl groups is 1. The van der Waals surface area contributed by atoms with E-state index in [0.29, 0.717) is 39.2 Å². The zero-order chi connectivity index (χ0) is 18.6. The van der Waals surface area contributed by atoms with Gasteiger partial charge in [-0.2, -0.15) is 0 Å². The van der Waals surface area contributed by atoms with Crippen molar-refractivity contribution < 1.29 is 14.6 Å². The molecular formula is C20H27N3O3. The van der Waals surface area contributed by atoms with Crippen LogP contribution in [0.5, 0.6) is 0 Å². The Bertz CT molecular complexity index is 762. The number of amides is 1. The molecule has 2 heterocycles. The number of rotatable bonds is 7. The summed E-state index contributed by atoms with van der Waals surface area (Å²) < 4.78 is 5.07. The van der Waals surface area contributed by atoms with Crippen molar-refractivity contribution in [2.24, 2.45) is 0 Å². The first-order valence-electron chi connectivity index (χ1n) is 9.05. The minimum atomic E-state index is -1.33. The van der Waals surface area contributed by atoms with Crippen LogP contribution in [-0.4, -0.2) is 71.8 Å². The first-order chi connectivity index (χ1) is 12.5. The van der Waals surface area contributed by atoms with E-state index in [2.05, 4.69) is 17.1 Å². The van der Waals surface area contributed by atoms with Gasteiger partial charge in [-0.15, -0.1) is 0 Å². The summed E-state index contributed by atoms with van der Waals surface area (Å²) in [5.74, 6) is -0.188. The van der Waals surface area contributed by atoms with Crippen LogP contribution in [0.1, 0.15) is 18.4 Å². The number of carbonyl (C=O) groups is 1. The summed E-state index contributed by atoms with van der Waals surface area (Å²) in [5, 5.41) is 12.1. The molecule has 2 aromatic rings. The van der Waals surface area contributed by atoms with Gasteiger partial charge in [-0.3, -0.25) is 14.7 Å². The monoisotopic (exact) mass is 357 g/mol. The van der Waals surface area contributed by atoms with E-state index < -0.39 is 5.60 Å². The number of fused-ring (bicyclic) bond motifs is 1. The molecule has 0 spiro atoms. The molecule has 3 rings (SSSR count). The summed E-state index contributed by atoms with van der Waals surface area (Å²) >= 11 is 0. The largest absolute Gasteiger partial charge is 0.383 e. The molecule has 0 radical (unpaired) electrons. The van der Waals surface area contributed by atoms with Crippen molar-refractivity contribution in [2.75, 3.05) is 40.4 Å². The Morgan fingerprint density at radius 1 is 1.35 bits per heavy atom. The molecule has 1 aromatic heterocycles. The maximum atomic E-state index is 12.7. The van der Waals surface area contributed by atoms with Gasteiger partial charge in [0.15, 0.2) is 5.60 Å². The number of carbonyl (C=O) groups excluding carboxylic acids is 1. The van der Waals surface area contributed by atoms with Crippen LogP contribution in [0.2, 0.25) is 0 Å². The molecular weight excluding hydrogens is 330 g/mol. The van der Waals surface area contributed by atoms with Crippen molar-refractivity contribution in [1.82, 2.24) is 14.8 Å². The molecule has 1 aliphatic heterocycles. The lowest BCUT2D eigenvalue weighted by atomic mass is 9.91. The fourth-order valence-electron chi connectivity index (χ4n) is 3.72. The van der Waals surface area contributed by atoms with E-state index in [9.17, 15) is 9.90 Å². The Hall–Kier alpha value is -2.02. The van der Waals surface area contributed by atoms with Crippen LogP contribution in [0.4, 0.5) is 0 Å². The number of nitrogens with zero attached hydrogens (tertiary/aromatic N) is 3. The third-order valence-corrected chi connectivity index (χ3v) is 4.98. The molecule has 1 saturated heterocycles. The molecule has 1 atom stereocenters. The van der Waals surface area contributed by atoms with Crippen molar-refractivity contribution in [3.8, 4) is 0 Å². The van der Waals surface area contributed by atoms with Gasteiger partial charge in [0.25, 0.3) is 5.91 Å². The molecule has 1 aliphatic rings. The second kappa shape index (κ2) is 8.12. The number of hydrogen-bond acceptors (Lipinski definition) is 5. The van der Waals surface area contributed by atoms with Crippen LogP contribution in [0, 0.1) is 0 Å². The van der Waals surface area contributed by atoms with Gasteiger partial charge in [0.2, 0.25) is 0 Å². The SMILES string of the molecule is COCCN1CCC[C@@](O)(CN(C)Cc2cccc3ncccc23)C1=O. The van der Waals surface area contributed by atoms with Gasteiger partial charge >= 0.3 is 0 Å². The third-order valence-electron chi connectivity index (χ3n) is 4.98. The lowest BCUT2D eigenvalue weighted by molar-refractivity contribution is -0.159. The number of likely N-dealkylation sites (N-methyl/N-ethyl adjacent to an activating group) is 1. The van der Waals surface area contributed by atoms with Gasteiger partial charge in [-0.25, -0.2) is 0 Å². The Labute approximate surface area is 154 Å². The van der Waals surface area contributed by atoms with Crippen LogP contribution < -0.4 is 0 Å². The number of aromatic nitrogens is 1. The highest BCUT2D eigenvalue weighted by molar-refractivity contribution is 5.86. The third kappa shape index (κ3) is 4.03. The van der Waals surface area contributed by atoms with Crippen LogP contribution in [0.3, 0.4) is 0 Å². The van der Waals surface area contributed by atoms with Gasteiger partial charge in [0, 0.05) is 44.9 Å². The molecule has 1 amide bonds. The molecule has 140 valence electrons. The van der Waals surface area contributed by atoms with E-state index in [1.807, 2.05) is 30.1 Å². The van der Waals surface area contributed by atoms with Crippen LogP contribution >= 0.6 is 0 Å². The molecule has 1 aromatic carbocycles. The summed E-state index contributed by atoms with van der Waals surface area (Å²) in [6.45, 7) is 2.66. The second-order valence-corrected chi connectivity index (χ2v) is 7.08. The van der Waals surface area contributed by atoms with Crippen molar-refractivity contribution in [2.45, 2.75) is 25.0 Å². The van der Waals surface area contributed by atoms with E-state index in [4.69, 9.17) is 4.74 Å². The van der Waals surface area contributed by atoms with Crippen LogP contribution in [-0.2, 0) is 16.1 Å². The Morgan fingerprint density at radius 2 is 2.19 bits per heavy atom.